The summed E-state index contributed by atoms with van der Waals surface area (Å²) in [5.41, 5.74) is 0.0307. The van der Waals surface area contributed by atoms with Crippen LogP contribution in [0, 0.1) is 23.6 Å². The Balaban J connectivity index is 1.27. The highest BCUT2D eigenvalue weighted by Crippen LogP contribution is 2.55. The van der Waals surface area contributed by atoms with E-state index in [0.29, 0.717) is 17.8 Å². The molecule has 7 heteroatoms. The van der Waals surface area contributed by atoms with E-state index in [0.717, 1.165) is 25.3 Å². The summed E-state index contributed by atoms with van der Waals surface area (Å²) in [5.74, 6) is 0.0797. The monoisotopic (exact) mass is 414 g/mol. The van der Waals surface area contributed by atoms with Crippen LogP contribution in [-0.4, -0.2) is 29.6 Å². The molecule has 4 aliphatic carbocycles. The third-order valence-electron chi connectivity index (χ3n) is 6.62. The molecule has 0 spiro atoms. The lowest BCUT2D eigenvalue weighted by molar-refractivity contribution is -0.149. The molecule has 2 N–H and O–H groups in total. The van der Waals surface area contributed by atoms with E-state index in [1.54, 1.807) is 12.1 Å². The van der Waals surface area contributed by atoms with E-state index in [4.69, 9.17) is 4.74 Å². The molecule has 1 aromatic carbocycles. The summed E-state index contributed by atoms with van der Waals surface area (Å²) in [7, 11) is 0. The molecule has 30 heavy (non-hydrogen) atoms. The molecular weight excluding hydrogens is 387 g/mol. The van der Waals surface area contributed by atoms with Gasteiger partial charge in [-0.15, -0.1) is 0 Å². The molecule has 0 saturated heterocycles. The maximum absolute atomic E-state index is 13.6. The van der Waals surface area contributed by atoms with Crippen LogP contribution in [0.3, 0.4) is 0 Å². The van der Waals surface area contributed by atoms with Crippen LogP contribution >= 0.6 is 0 Å². The van der Waals surface area contributed by atoms with Crippen molar-refractivity contribution in [2.24, 2.45) is 17.8 Å². The average molecular weight is 414 g/mol. The zero-order valence-corrected chi connectivity index (χ0v) is 17.0. The first-order chi connectivity index (χ1) is 14.3. The van der Waals surface area contributed by atoms with Gasteiger partial charge in [0.15, 0.2) is 6.10 Å². The van der Waals surface area contributed by atoms with Crippen LogP contribution in [0.4, 0.5) is 9.18 Å². The second kappa shape index (κ2) is 8.20. The van der Waals surface area contributed by atoms with Crippen molar-refractivity contribution in [2.45, 2.75) is 57.1 Å². The van der Waals surface area contributed by atoms with Gasteiger partial charge in [0.25, 0.3) is 5.91 Å². The second-order valence-corrected chi connectivity index (χ2v) is 9.08. The fourth-order valence-electron chi connectivity index (χ4n) is 5.78. The molecular formula is C23H27FN2O4. The van der Waals surface area contributed by atoms with Gasteiger partial charge in [0, 0.05) is 17.2 Å². The summed E-state index contributed by atoms with van der Waals surface area (Å²) < 4.78 is 18.6. The second-order valence-electron chi connectivity index (χ2n) is 9.08. The summed E-state index contributed by atoms with van der Waals surface area (Å²) in [6.45, 7) is 1.39. The SMILES string of the molecule is C[C@@H](OC(=O)/C=C/c1ccccc1F)C(=O)NC(=O)NC12CC3CC(CC(C3)C1)C2. The minimum Gasteiger partial charge on any atom is -0.449 e. The summed E-state index contributed by atoms with van der Waals surface area (Å²) >= 11 is 0. The summed E-state index contributed by atoms with van der Waals surface area (Å²) in [4.78, 5) is 36.6. The van der Waals surface area contributed by atoms with Gasteiger partial charge in [0.2, 0.25) is 0 Å². The Hall–Kier alpha value is -2.70. The van der Waals surface area contributed by atoms with E-state index in [9.17, 15) is 18.8 Å². The Morgan fingerprint density at radius 2 is 1.70 bits per heavy atom. The standard InChI is InChI=1S/C23H27FN2O4/c1-14(30-20(27)7-6-18-4-2-3-5-19(18)24)21(28)25-22(29)26-23-11-15-8-16(12-23)10-17(9-15)13-23/h2-7,14-17H,8-13H2,1H3,(H2,25,26,28,29)/b7-6+/t14-,15?,16?,17?,23?/m1/s1. The molecule has 0 aliphatic heterocycles. The van der Waals surface area contributed by atoms with Crippen LogP contribution in [0.5, 0.6) is 0 Å². The number of benzene rings is 1. The summed E-state index contributed by atoms with van der Waals surface area (Å²) in [5, 5.41) is 5.34. The van der Waals surface area contributed by atoms with Crippen LogP contribution in [-0.2, 0) is 14.3 Å². The van der Waals surface area contributed by atoms with Gasteiger partial charge in [0.1, 0.15) is 5.82 Å². The molecule has 0 unspecified atom stereocenters. The molecule has 4 fully saturated rings. The highest BCUT2D eigenvalue weighted by molar-refractivity contribution is 5.98. The maximum Gasteiger partial charge on any atom is 0.331 e. The lowest BCUT2D eigenvalue weighted by atomic mass is 9.53. The Morgan fingerprint density at radius 3 is 2.30 bits per heavy atom. The first-order valence-electron chi connectivity index (χ1n) is 10.6. The minimum atomic E-state index is -1.15. The Bertz CT molecular complexity index is 846. The molecule has 6 nitrogen and oxygen atoms in total. The quantitative estimate of drug-likeness (QED) is 0.570. The first-order valence-corrected chi connectivity index (χ1v) is 10.6. The Kier molecular flexibility index (Phi) is 5.62. The van der Waals surface area contributed by atoms with Gasteiger partial charge in [-0.25, -0.2) is 14.0 Å². The number of esters is 1. The number of carbonyl (C=O) groups excluding carboxylic acids is 3. The Morgan fingerprint density at radius 1 is 1.10 bits per heavy atom. The van der Waals surface area contributed by atoms with Crippen LogP contribution in [0.15, 0.2) is 30.3 Å². The normalized spacial score (nSPS) is 30.1. The summed E-state index contributed by atoms with van der Waals surface area (Å²) in [6, 6.07) is 5.46. The van der Waals surface area contributed by atoms with Crippen molar-refractivity contribution in [1.29, 1.82) is 0 Å². The van der Waals surface area contributed by atoms with Gasteiger partial charge >= 0.3 is 12.0 Å². The lowest BCUT2D eigenvalue weighted by Gasteiger charge is -2.56. The third-order valence-corrected chi connectivity index (χ3v) is 6.62. The van der Waals surface area contributed by atoms with Gasteiger partial charge in [-0.1, -0.05) is 18.2 Å². The van der Waals surface area contributed by atoms with Gasteiger partial charge in [-0.2, -0.15) is 0 Å². The topological polar surface area (TPSA) is 84.5 Å². The molecule has 1 aromatic rings. The van der Waals surface area contributed by atoms with Crippen molar-refractivity contribution in [1.82, 2.24) is 10.6 Å². The van der Waals surface area contributed by atoms with Crippen molar-refractivity contribution < 1.29 is 23.5 Å². The zero-order chi connectivity index (χ0) is 21.3. The smallest absolute Gasteiger partial charge is 0.331 e. The number of carbonyl (C=O) groups is 3. The zero-order valence-electron chi connectivity index (χ0n) is 17.0. The predicted molar refractivity (Wildman–Crippen MR) is 109 cm³/mol. The minimum absolute atomic E-state index is 0.207. The number of hydrogen-bond acceptors (Lipinski definition) is 4. The Labute approximate surface area is 175 Å². The number of ether oxygens (including phenoxy) is 1. The molecule has 0 heterocycles. The van der Waals surface area contributed by atoms with Gasteiger partial charge in [0.05, 0.1) is 0 Å². The number of amides is 3. The van der Waals surface area contributed by atoms with E-state index in [1.807, 2.05) is 0 Å². The van der Waals surface area contributed by atoms with Crippen LogP contribution in [0.1, 0.15) is 51.0 Å². The molecule has 5 rings (SSSR count). The van der Waals surface area contributed by atoms with E-state index in [2.05, 4.69) is 10.6 Å². The molecule has 0 aromatic heterocycles. The predicted octanol–water partition coefficient (Wildman–Crippen LogP) is 3.57. The first kappa shape index (κ1) is 20.6. The molecule has 1 atom stereocenters. The highest BCUT2D eigenvalue weighted by atomic mass is 19.1. The number of urea groups is 1. The highest BCUT2D eigenvalue weighted by Gasteiger charge is 2.51. The van der Waals surface area contributed by atoms with Crippen LogP contribution in [0.2, 0.25) is 0 Å². The number of nitrogens with one attached hydrogen (secondary N) is 2. The number of hydrogen-bond donors (Lipinski definition) is 2. The molecule has 160 valence electrons. The van der Waals surface area contributed by atoms with Crippen molar-refractivity contribution in [3.63, 3.8) is 0 Å². The fourth-order valence-corrected chi connectivity index (χ4v) is 5.78. The van der Waals surface area contributed by atoms with E-state index >= 15 is 0 Å². The van der Waals surface area contributed by atoms with E-state index in [1.165, 1.54) is 44.4 Å². The number of rotatable bonds is 5. The molecule has 0 radical (unpaired) electrons. The van der Waals surface area contributed by atoms with Crippen molar-refractivity contribution in [3.05, 3.63) is 41.7 Å². The van der Waals surface area contributed by atoms with Crippen molar-refractivity contribution in [2.75, 3.05) is 0 Å². The average Bonchev–Trinajstić information content (AvgIpc) is 2.65. The van der Waals surface area contributed by atoms with Crippen LogP contribution < -0.4 is 10.6 Å². The van der Waals surface area contributed by atoms with Crippen molar-refractivity contribution >= 4 is 24.0 Å². The van der Waals surface area contributed by atoms with E-state index in [-0.39, 0.29) is 11.1 Å². The van der Waals surface area contributed by atoms with Gasteiger partial charge in [-0.3, -0.25) is 10.1 Å². The fraction of sp³-hybridized carbons (Fsp3) is 0.522. The van der Waals surface area contributed by atoms with Gasteiger partial charge < -0.3 is 10.1 Å². The molecule has 4 bridgehead atoms. The van der Waals surface area contributed by atoms with Crippen LogP contribution in [0.25, 0.3) is 6.08 Å². The van der Waals surface area contributed by atoms with Gasteiger partial charge in [-0.05, 0) is 75.3 Å². The molecule has 4 saturated carbocycles. The van der Waals surface area contributed by atoms with E-state index < -0.39 is 29.8 Å². The molecule has 3 amide bonds. The largest absolute Gasteiger partial charge is 0.449 e. The number of imide groups is 1. The summed E-state index contributed by atoms with van der Waals surface area (Å²) in [6.07, 6.45) is 7.90. The lowest BCUT2D eigenvalue weighted by Crippen LogP contribution is -2.62. The molecule has 4 aliphatic rings. The van der Waals surface area contributed by atoms with Crippen molar-refractivity contribution in [3.8, 4) is 0 Å². The number of halogens is 1. The third kappa shape index (κ3) is 4.55. The maximum atomic E-state index is 13.6.